The molecule has 1 heterocycles. The zero-order chi connectivity index (χ0) is 12.3. The number of amides is 2. The largest absolute Gasteiger partial charge is 0.618 e. The summed E-state index contributed by atoms with van der Waals surface area (Å²) in [5.74, 6) is 0. The lowest BCUT2D eigenvalue weighted by Gasteiger charge is -2.20. The molecule has 2 amide bonds. The predicted octanol–water partition coefficient (Wildman–Crippen LogP) is 1.89. The van der Waals surface area contributed by atoms with Crippen LogP contribution >= 0.6 is 11.6 Å². The second-order valence-corrected chi connectivity index (χ2v) is 4.78. The summed E-state index contributed by atoms with van der Waals surface area (Å²) in [6.45, 7) is 5.61. The zero-order valence-electron chi connectivity index (χ0n) is 9.37. The van der Waals surface area contributed by atoms with Gasteiger partial charge in [0.15, 0.2) is 6.20 Å². The maximum atomic E-state index is 11.5. The molecule has 0 aliphatic rings. The summed E-state index contributed by atoms with van der Waals surface area (Å²) in [5.41, 5.74) is 0.153. The molecule has 5 nitrogen and oxygen atoms in total. The molecule has 0 aromatic carbocycles. The number of anilines is 1. The summed E-state index contributed by atoms with van der Waals surface area (Å²) in [6, 6.07) is 2.52. The Morgan fingerprint density at radius 2 is 2.12 bits per heavy atom. The summed E-state index contributed by atoms with van der Waals surface area (Å²) in [7, 11) is 0. The van der Waals surface area contributed by atoms with E-state index in [1.807, 2.05) is 20.8 Å². The molecule has 0 saturated heterocycles. The third-order valence-corrected chi connectivity index (χ3v) is 1.90. The van der Waals surface area contributed by atoms with Gasteiger partial charge in [-0.3, -0.25) is 0 Å². The highest BCUT2D eigenvalue weighted by atomic mass is 35.5. The standard InChI is InChI=1S/C10H14ClN3O2/c1-10(2,3)13-9(15)12-7-4-5-14(16)8(11)6-7/h4-6H,1-3H3,(H2,12,13,15). The Morgan fingerprint density at radius 3 is 2.62 bits per heavy atom. The summed E-state index contributed by atoms with van der Waals surface area (Å²) in [5, 5.41) is 16.3. The molecule has 16 heavy (non-hydrogen) atoms. The fraction of sp³-hybridized carbons (Fsp3) is 0.400. The van der Waals surface area contributed by atoms with Crippen LogP contribution in [0.25, 0.3) is 0 Å². The minimum atomic E-state index is -0.341. The maximum Gasteiger partial charge on any atom is 0.319 e. The Morgan fingerprint density at radius 1 is 1.50 bits per heavy atom. The first-order chi connectivity index (χ1) is 7.28. The molecule has 1 rings (SSSR count). The summed E-state index contributed by atoms with van der Waals surface area (Å²) in [6.07, 6.45) is 1.23. The van der Waals surface area contributed by atoms with Crippen molar-refractivity contribution in [1.82, 2.24) is 5.32 Å². The van der Waals surface area contributed by atoms with Gasteiger partial charge in [0, 0.05) is 17.7 Å². The monoisotopic (exact) mass is 243 g/mol. The topological polar surface area (TPSA) is 68.1 Å². The molecule has 0 saturated carbocycles. The normalized spacial score (nSPS) is 11.0. The quantitative estimate of drug-likeness (QED) is 0.449. The van der Waals surface area contributed by atoms with Crippen LogP contribution in [0.2, 0.25) is 5.15 Å². The number of carbonyl (C=O) groups is 1. The van der Waals surface area contributed by atoms with Crippen LogP contribution in [-0.4, -0.2) is 11.6 Å². The van der Waals surface area contributed by atoms with Crippen LogP contribution in [0.4, 0.5) is 10.5 Å². The number of hydrogen-bond donors (Lipinski definition) is 2. The smallest absolute Gasteiger partial charge is 0.319 e. The highest BCUT2D eigenvalue weighted by molar-refractivity contribution is 6.28. The van der Waals surface area contributed by atoms with Crippen LogP contribution in [0.1, 0.15) is 20.8 Å². The molecule has 0 spiro atoms. The van der Waals surface area contributed by atoms with Gasteiger partial charge >= 0.3 is 6.03 Å². The number of urea groups is 1. The molecule has 0 atom stereocenters. The first kappa shape index (κ1) is 12.6. The summed E-state index contributed by atoms with van der Waals surface area (Å²) >= 11 is 5.61. The van der Waals surface area contributed by atoms with Crippen LogP contribution in [0.15, 0.2) is 18.3 Å². The molecule has 6 heteroatoms. The fourth-order valence-electron chi connectivity index (χ4n) is 1.04. The van der Waals surface area contributed by atoms with Crippen molar-refractivity contribution in [2.45, 2.75) is 26.3 Å². The number of pyridine rings is 1. The second-order valence-electron chi connectivity index (χ2n) is 4.39. The van der Waals surface area contributed by atoms with Crippen LogP contribution in [0.5, 0.6) is 0 Å². The van der Waals surface area contributed by atoms with E-state index in [0.717, 1.165) is 0 Å². The Balaban J connectivity index is 2.67. The van der Waals surface area contributed by atoms with Gasteiger partial charge < -0.3 is 15.8 Å². The van der Waals surface area contributed by atoms with Crippen molar-refractivity contribution < 1.29 is 9.52 Å². The number of hydrogen-bond acceptors (Lipinski definition) is 2. The molecule has 88 valence electrons. The van der Waals surface area contributed by atoms with Gasteiger partial charge in [-0.2, -0.15) is 4.73 Å². The minimum Gasteiger partial charge on any atom is -0.618 e. The molecule has 1 aromatic heterocycles. The van der Waals surface area contributed by atoms with Gasteiger partial charge in [0.1, 0.15) is 0 Å². The molecule has 0 bridgehead atoms. The third-order valence-electron chi connectivity index (χ3n) is 1.62. The molecule has 0 fully saturated rings. The number of nitrogens with zero attached hydrogens (tertiary/aromatic N) is 1. The molecule has 0 aliphatic heterocycles. The van der Waals surface area contributed by atoms with Crippen molar-refractivity contribution in [3.8, 4) is 0 Å². The Bertz CT molecular complexity index is 402. The highest BCUT2D eigenvalue weighted by Crippen LogP contribution is 2.10. The molecular formula is C10H14ClN3O2. The van der Waals surface area contributed by atoms with E-state index in [2.05, 4.69) is 10.6 Å². The van der Waals surface area contributed by atoms with Crippen molar-refractivity contribution in [1.29, 1.82) is 0 Å². The van der Waals surface area contributed by atoms with Gasteiger partial charge in [0.2, 0.25) is 0 Å². The maximum absolute atomic E-state index is 11.5. The van der Waals surface area contributed by atoms with E-state index in [0.29, 0.717) is 10.4 Å². The Kier molecular flexibility index (Phi) is 3.59. The summed E-state index contributed by atoms with van der Waals surface area (Å²) in [4.78, 5) is 11.5. The minimum absolute atomic E-state index is 0.00792. The first-order valence-corrected chi connectivity index (χ1v) is 5.13. The Hall–Kier alpha value is -1.49. The molecule has 0 aliphatic carbocycles. The van der Waals surface area contributed by atoms with Crippen molar-refractivity contribution in [2.75, 3.05) is 5.32 Å². The number of carbonyl (C=O) groups excluding carboxylic acids is 1. The van der Waals surface area contributed by atoms with Crippen LogP contribution < -0.4 is 15.4 Å². The molecule has 2 N–H and O–H groups in total. The third kappa shape index (κ3) is 3.94. The average molecular weight is 244 g/mol. The molecule has 0 unspecified atom stereocenters. The van der Waals surface area contributed by atoms with E-state index in [4.69, 9.17) is 11.6 Å². The van der Waals surface area contributed by atoms with Gasteiger partial charge in [0.25, 0.3) is 5.15 Å². The lowest BCUT2D eigenvalue weighted by Crippen LogP contribution is -2.43. The van der Waals surface area contributed by atoms with Crippen molar-refractivity contribution in [3.05, 3.63) is 28.7 Å². The van der Waals surface area contributed by atoms with E-state index in [1.165, 1.54) is 18.3 Å². The number of rotatable bonds is 1. The van der Waals surface area contributed by atoms with Gasteiger partial charge in [-0.25, -0.2) is 4.79 Å². The van der Waals surface area contributed by atoms with Gasteiger partial charge in [-0.1, -0.05) is 0 Å². The van der Waals surface area contributed by atoms with E-state index in [-0.39, 0.29) is 16.7 Å². The molecule has 1 aromatic rings. The average Bonchev–Trinajstić information content (AvgIpc) is 2.08. The second kappa shape index (κ2) is 4.57. The van der Waals surface area contributed by atoms with Crippen molar-refractivity contribution in [3.63, 3.8) is 0 Å². The SMILES string of the molecule is CC(C)(C)NC(=O)Nc1cc[n+]([O-])c(Cl)c1. The van der Waals surface area contributed by atoms with E-state index in [1.54, 1.807) is 0 Å². The number of halogens is 1. The van der Waals surface area contributed by atoms with Crippen molar-refractivity contribution >= 4 is 23.3 Å². The van der Waals surface area contributed by atoms with Gasteiger partial charge in [0.05, 0.1) is 5.69 Å². The summed E-state index contributed by atoms with van der Waals surface area (Å²) < 4.78 is 0.508. The highest BCUT2D eigenvalue weighted by Gasteiger charge is 2.14. The fourth-order valence-corrected chi connectivity index (χ4v) is 1.21. The molecular weight excluding hydrogens is 230 g/mol. The van der Waals surface area contributed by atoms with Crippen LogP contribution in [-0.2, 0) is 0 Å². The predicted molar refractivity (Wildman–Crippen MR) is 62.3 cm³/mol. The number of aromatic nitrogens is 1. The first-order valence-electron chi connectivity index (χ1n) is 4.76. The van der Waals surface area contributed by atoms with Gasteiger partial charge in [-0.05, 0) is 32.4 Å². The van der Waals surface area contributed by atoms with Crippen molar-refractivity contribution in [2.24, 2.45) is 0 Å². The lowest BCUT2D eigenvalue weighted by molar-refractivity contribution is -0.602. The van der Waals surface area contributed by atoms with Crippen LogP contribution in [0.3, 0.4) is 0 Å². The Labute approximate surface area is 99.0 Å². The molecule has 0 radical (unpaired) electrons. The van der Waals surface area contributed by atoms with E-state index < -0.39 is 0 Å². The van der Waals surface area contributed by atoms with E-state index in [9.17, 15) is 10.0 Å². The lowest BCUT2D eigenvalue weighted by atomic mass is 10.1. The van der Waals surface area contributed by atoms with Gasteiger partial charge in [-0.15, -0.1) is 0 Å². The van der Waals surface area contributed by atoms with Crippen LogP contribution in [0, 0.1) is 5.21 Å². The van der Waals surface area contributed by atoms with E-state index >= 15 is 0 Å². The zero-order valence-corrected chi connectivity index (χ0v) is 10.1. The number of nitrogens with one attached hydrogen (secondary N) is 2.